The monoisotopic (exact) mass is 456 g/mol. The zero-order valence-corrected chi connectivity index (χ0v) is 16.8. The highest BCUT2D eigenvalue weighted by Crippen LogP contribution is 2.27. The highest BCUT2D eigenvalue weighted by atomic mass is 127. The minimum Gasteiger partial charge on any atom is -0.368 e. The van der Waals surface area contributed by atoms with Gasteiger partial charge in [-0.3, -0.25) is 0 Å². The first-order valence-corrected chi connectivity index (χ1v) is 10.5. The Morgan fingerprint density at radius 3 is 1.96 bits per heavy atom. The second-order valence-corrected chi connectivity index (χ2v) is 9.27. The Bertz CT molecular complexity index is 806. The molecule has 6 heteroatoms. The highest BCUT2D eigenvalue weighted by Gasteiger charge is 2.29. The summed E-state index contributed by atoms with van der Waals surface area (Å²) in [7, 11) is -3.40. The van der Waals surface area contributed by atoms with E-state index in [0.29, 0.717) is 18.0 Å². The molecule has 1 aliphatic heterocycles. The Morgan fingerprint density at radius 1 is 0.875 bits per heavy atom. The van der Waals surface area contributed by atoms with Crippen molar-refractivity contribution in [1.29, 1.82) is 0 Å². The van der Waals surface area contributed by atoms with E-state index in [1.165, 1.54) is 16.8 Å². The third kappa shape index (κ3) is 3.45. The molecule has 0 N–H and O–H groups in total. The van der Waals surface area contributed by atoms with Crippen LogP contribution in [0, 0.1) is 17.4 Å². The van der Waals surface area contributed by atoms with Crippen LogP contribution in [0.4, 0.5) is 5.69 Å². The summed E-state index contributed by atoms with van der Waals surface area (Å²) in [6, 6.07) is 13.3. The molecule has 0 bridgehead atoms. The summed E-state index contributed by atoms with van der Waals surface area (Å²) in [6.45, 7) is 6.68. The van der Waals surface area contributed by atoms with Gasteiger partial charge in [0, 0.05) is 35.4 Å². The molecule has 0 spiro atoms. The van der Waals surface area contributed by atoms with E-state index in [0.717, 1.165) is 16.7 Å². The van der Waals surface area contributed by atoms with Crippen molar-refractivity contribution in [3.63, 3.8) is 0 Å². The summed E-state index contributed by atoms with van der Waals surface area (Å²) >= 11 is 2.18. The lowest BCUT2D eigenvalue weighted by atomic mass is 10.1. The molecule has 128 valence electrons. The first kappa shape index (κ1) is 17.7. The van der Waals surface area contributed by atoms with Crippen LogP contribution in [-0.4, -0.2) is 38.9 Å². The predicted molar refractivity (Wildman–Crippen MR) is 106 cm³/mol. The molecule has 0 aromatic heterocycles. The molecular formula is C18H21IN2O2S. The fourth-order valence-corrected chi connectivity index (χ4v) is 4.99. The molecule has 1 saturated heterocycles. The number of sulfonamides is 1. The van der Waals surface area contributed by atoms with Crippen molar-refractivity contribution in [2.45, 2.75) is 18.7 Å². The summed E-state index contributed by atoms with van der Waals surface area (Å²) in [5.41, 5.74) is 3.72. The van der Waals surface area contributed by atoms with Crippen LogP contribution >= 0.6 is 22.6 Å². The van der Waals surface area contributed by atoms with Gasteiger partial charge < -0.3 is 4.90 Å². The Hall–Kier alpha value is -1.12. The second kappa shape index (κ2) is 7.01. The van der Waals surface area contributed by atoms with E-state index in [2.05, 4.69) is 59.5 Å². The largest absolute Gasteiger partial charge is 0.368 e. The first-order valence-electron chi connectivity index (χ1n) is 7.96. The molecule has 0 saturated carbocycles. The van der Waals surface area contributed by atoms with Gasteiger partial charge in [0.2, 0.25) is 10.0 Å². The molecule has 0 radical (unpaired) electrons. The van der Waals surface area contributed by atoms with Gasteiger partial charge in [-0.15, -0.1) is 0 Å². The van der Waals surface area contributed by atoms with Gasteiger partial charge in [0.1, 0.15) is 0 Å². The van der Waals surface area contributed by atoms with E-state index < -0.39 is 10.0 Å². The molecule has 0 unspecified atom stereocenters. The quantitative estimate of drug-likeness (QED) is 0.665. The fraction of sp³-hybridized carbons (Fsp3) is 0.333. The van der Waals surface area contributed by atoms with Gasteiger partial charge in [-0.05, 0) is 71.8 Å². The molecule has 2 aromatic rings. The van der Waals surface area contributed by atoms with Crippen LogP contribution in [0.25, 0.3) is 0 Å². The van der Waals surface area contributed by atoms with Crippen molar-refractivity contribution in [2.75, 3.05) is 31.1 Å². The van der Waals surface area contributed by atoms with Gasteiger partial charge in [-0.1, -0.05) is 18.2 Å². The highest BCUT2D eigenvalue weighted by molar-refractivity contribution is 14.1. The number of halogens is 1. The van der Waals surface area contributed by atoms with Gasteiger partial charge in [0.15, 0.2) is 0 Å². The van der Waals surface area contributed by atoms with E-state index in [1.54, 1.807) is 16.4 Å². The van der Waals surface area contributed by atoms with Crippen molar-refractivity contribution >= 4 is 38.3 Å². The van der Waals surface area contributed by atoms with Crippen molar-refractivity contribution in [1.82, 2.24) is 4.31 Å². The second-order valence-electron chi connectivity index (χ2n) is 6.09. The van der Waals surface area contributed by atoms with Crippen LogP contribution in [-0.2, 0) is 10.0 Å². The summed E-state index contributed by atoms with van der Waals surface area (Å²) < 4.78 is 28.2. The van der Waals surface area contributed by atoms with Gasteiger partial charge in [0.25, 0.3) is 0 Å². The van der Waals surface area contributed by atoms with Crippen LogP contribution in [0.3, 0.4) is 0 Å². The lowest BCUT2D eigenvalue weighted by molar-refractivity contribution is 0.384. The van der Waals surface area contributed by atoms with Crippen LogP contribution in [0.1, 0.15) is 11.1 Å². The molecule has 4 nitrogen and oxygen atoms in total. The number of benzene rings is 2. The molecule has 2 aromatic carbocycles. The minimum atomic E-state index is -3.40. The Kier molecular flexibility index (Phi) is 5.17. The maximum Gasteiger partial charge on any atom is 0.243 e. The van der Waals surface area contributed by atoms with Crippen molar-refractivity contribution in [2.24, 2.45) is 0 Å². The number of hydrogen-bond acceptors (Lipinski definition) is 3. The summed E-state index contributed by atoms with van der Waals surface area (Å²) in [6.07, 6.45) is 0. The summed E-state index contributed by atoms with van der Waals surface area (Å²) in [4.78, 5) is 2.67. The number of anilines is 1. The van der Waals surface area contributed by atoms with Crippen LogP contribution in [0.15, 0.2) is 47.4 Å². The molecule has 0 aliphatic carbocycles. The maximum absolute atomic E-state index is 12.8. The molecule has 0 amide bonds. The van der Waals surface area contributed by atoms with Crippen LogP contribution in [0.2, 0.25) is 0 Å². The van der Waals surface area contributed by atoms with Crippen molar-refractivity contribution < 1.29 is 8.42 Å². The fourth-order valence-electron chi connectivity index (χ4n) is 3.21. The zero-order valence-electron chi connectivity index (χ0n) is 13.9. The number of rotatable bonds is 3. The topological polar surface area (TPSA) is 40.6 Å². The first-order chi connectivity index (χ1) is 11.4. The zero-order chi connectivity index (χ0) is 17.3. The van der Waals surface area contributed by atoms with Gasteiger partial charge in [-0.25, -0.2) is 8.42 Å². The third-order valence-electron chi connectivity index (χ3n) is 4.45. The van der Waals surface area contributed by atoms with E-state index in [-0.39, 0.29) is 0 Å². The Labute approximate surface area is 157 Å². The Balaban J connectivity index is 1.76. The molecular weight excluding hydrogens is 435 g/mol. The molecule has 1 fully saturated rings. The molecule has 0 atom stereocenters. The molecule has 3 rings (SSSR count). The number of piperazine rings is 1. The average molecular weight is 456 g/mol. The normalized spacial score (nSPS) is 16.4. The number of para-hydroxylation sites is 1. The van der Waals surface area contributed by atoms with Gasteiger partial charge in [0.05, 0.1) is 4.90 Å². The average Bonchev–Trinajstić information content (AvgIpc) is 2.55. The lowest BCUT2D eigenvalue weighted by Gasteiger charge is -2.36. The smallest absolute Gasteiger partial charge is 0.243 e. The lowest BCUT2D eigenvalue weighted by Crippen LogP contribution is -2.49. The van der Waals surface area contributed by atoms with Crippen LogP contribution < -0.4 is 4.90 Å². The maximum atomic E-state index is 12.8. The van der Waals surface area contributed by atoms with Crippen molar-refractivity contribution in [3.8, 4) is 0 Å². The predicted octanol–water partition coefficient (Wildman–Crippen LogP) is 3.42. The Morgan fingerprint density at radius 2 is 1.42 bits per heavy atom. The van der Waals surface area contributed by atoms with Gasteiger partial charge in [-0.2, -0.15) is 4.31 Å². The molecule has 1 heterocycles. The summed E-state index contributed by atoms with van der Waals surface area (Å²) in [5, 5.41) is 0. The SMILES string of the molecule is Cc1cccc(C)c1N1CCN(S(=O)(=O)c2ccc(I)cc2)CC1. The van der Waals surface area contributed by atoms with E-state index in [9.17, 15) is 8.42 Å². The number of hydrogen-bond donors (Lipinski definition) is 0. The van der Waals surface area contributed by atoms with Crippen molar-refractivity contribution in [3.05, 3.63) is 57.2 Å². The third-order valence-corrected chi connectivity index (χ3v) is 7.08. The van der Waals surface area contributed by atoms with E-state index >= 15 is 0 Å². The van der Waals surface area contributed by atoms with Crippen LogP contribution in [0.5, 0.6) is 0 Å². The minimum absolute atomic E-state index is 0.378. The van der Waals surface area contributed by atoms with E-state index in [1.807, 2.05) is 12.1 Å². The number of aryl methyl sites for hydroxylation is 2. The van der Waals surface area contributed by atoms with E-state index in [4.69, 9.17) is 0 Å². The number of nitrogens with zero attached hydrogens (tertiary/aromatic N) is 2. The van der Waals surface area contributed by atoms with Gasteiger partial charge >= 0.3 is 0 Å². The molecule has 1 aliphatic rings. The molecule has 24 heavy (non-hydrogen) atoms. The standard InChI is InChI=1S/C18H21IN2O2S/c1-14-4-3-5-15(2)18(14)20-10-12-21(13-11-20)24(22,23)17-8-6-16(19)7-9-17/h3-9H,10-13H2,1-2H3. The summed E-state index contributed by atoms with van der Waals surface area (Å²) in [5.74, 6) is 0.